The average molecular weight is 385 g/mol. The van der Waals surface area contributed by atoms with E-state index in [-0.39, 0.29) is 30.0 Å². The first-order valence-corrected chi connectivity index (χ1v) is 9.91. The molecule has 2 aliphatic rings. The fourth-order valence-electron chi connectivity index (χ4n) is 4.86. The van der Waals surface area contributed by atoms with Gasteiger partial charge in [0, 0.05) is 43.0 Å². The third kappa shape index (κ3) is 3.06. The second kappa shape index (κ2) is 7.27. The Labute approximate surface area is 165 Å². The molecule has 0 unspecified atom stereocenters. The monoisotopic (exact) mass is 384 g/mol. The van der Waals surface area contributed by atoms with Crippen LogP contribution in [-0.4, -0.2) is 52.1 Å². The van der Waals surface area contributed by atoms with Crippen molar-refractivity contribution >= 4 is 17.5 Å². The fourth-order valence-corrected chi connectivity index (χ4v) is 5.07. The number of carbonyl (C=O) groups is 1. The SMILES string of the molecule is CCC(=O)N1CC2(C1)[C@H](c1ccccc1)[C@H](CO)N2Cc1cccc(Cl)c1. The molecule has 2 atom stereocenters. The molecule has 5 heteroatoms. The van der Waals surface area contributed by atoms with E-state index in [1.54, 1.807) is 0 Å². The molecule has 2 aromatic carbocycles. The van der Waals surface area contributed by atoms with Crippen molar-refractivity contribution in [1.29, 1.82) is 0 Å². The van der Waals surface area contributed by atoms with Crippen LogP contribution in [-0.2, 0) is 11.3 Å². The summed E-state index contributed by atoms with van der Waals surface area (Å²) in [5, 5.41) is 10.9. The van der Waals surface area contributed by atoms with Crippen molar-refractivity contribution in [3.8, 4) is 0 Å². The number of rotatable bonds is 5. The zero-order valence-corrected chi connectivity index (χ0v) is 16.3. The number of aliphatic hydroxyl groups excluding tert-OH is 1. The van der Waals surface area contributed by atoms with Crippen molar-refractivity contribution < 1.29 is 9.90 Å². The Morgan fingerprint density at radius 1 is 1.19 bits per heavy atom. The molecule has 2 aliphatic heterocycles. The Morgan fingerprint density at radius 3 is 2.56 bits per heavy atom. The number of aliphatic hydroxyl groups is 1. The van der Waals surface area contributed by atoms with Gasteiger partial charge in [0.05, 0.1) is 12.1 Å². The van der Waals surface area contributed by atoms with E-state index < -0.39 is 0 Å². The lowest BCUT2D eigenvalue weighted by molar-refractivity contribution is -0.200. The van der Waals surface area contributed by atoms with Gasteiger partial charge in [-0.1, -0.05) is 61.0 Å². The predicted octanol–water partition coefficient (Wildman–Crippen LogP) is 3.29. The van der Waals surface area contributed by atoms with E-state index in [0.717, 1.165) is 30.2 Å². The van der Waals surface area contributed by atoms with Gasteiger partial charge < -0.3 is 10.0 Å². The van der Waals surface area contributed by atoms with Gasteiger partial charge in [-0.3, -0.25) is 9.69 Å². The second-order valence-electron chi connectivity index (χ2n) is 7.60. The molecule has 142 valence electrons. The quantitative estimate of drug-likeness (QED) is 0.860. The van der Waals surface area contributed by atoms with Crippen LogP contribution < -0.4 is 0 Å². The highest BCUT2D eigenvalue weighted by molar-refractivity contribution is 6.30. The Morgan fingerprint density at radius 2 is 1.93 bits per heavy atom. The summed E-state index contributed by atoms with van der Waals surface area (Å²) in [7, 11) is 0. The summed E-state index contributed by atoms with van der Waals surface area (Å²) in [6.07, 6.45) is 0.532. The maximum absolute atomic E-state index is 12.2. The van der Waals surface area contributed by atoms with E-state index in [2.05, 4.69) is 23.1 Å². The summed E-state index contributed by atoms with van der Waals surface area (Å²) >= 11 is 6.17. The summed E-state index contributed by atoms with van der Waals surface area (Å²) in [5.74, 6) is 0.423. The third-order valence-electron chi connectivity index (χ3n) is 6.11. The molecule has 0 aromatic heterocycles. The highest BCUT2D eigenvalue weighted by Crippen LogP contribution is 2.54. The van der Waals surface area contributed by atoms with Crippen LogP contribution in [0.3, 0.4) is 0 Å². The molecule has 0 saturated carbocycles. The number of hydrogen-bond donors (Lipinski definition) is 1. The van der Waals surface area contributed by atoms with Gasteiger partial charge in [-0.15, -0.1) is 0 Å². The molecule has 2 heterocycles. The maximum atomic E-state index is 12.2. The highest BCUT2D eigenvalue weighted by Gasteiger charge is 2.65. The fraction of sp³-hybridized carbons (Fsp3) is 0.409. The highest BCUT2D eigenvalue weighted by atomic mass is 35.5. The molecule has 1 N–H and O–H groups in total. The van der Waals surface area contributed by atoms with Gasteiger partial charge in [0.25, 0.3) is 0 Å². The van der Waals surface area contributed by atoms with Crippen molar-refractivity contribution in [3.05, 3.63) is 70.7 Å². The van der Waals surface area contributed by atoms with Crippen LogP contribution in [0.25, 0.3) is 0 Å². The molecule has 27 heavy (non-hydrogen) atoms. The van der Waals surface area contributed by atoms with Crippen molar-refractivity contribution in [3.63, 3.8) is 0 Å². The first kappa shape index (κ1) is 18.5. The number of hydrogen-bond acceptors (Lipinski definition) is 3. The van der Waals surface area contributed by atoms with Crippen molar-refractivity contribution in [1.82, 2.24) is 9.80 Å². The van der Waals surface area contributed by atoms with Gasteiger partial charge in [-0.05, 0) is 23.3 Å². The van der Waals surface area contributed by atoms with Gasteiger partial charge >= 0.3 is 0 Å². The van der Waals surface area contributed by atoms with Gasteiger partial charge in [-0.25, -0.2) is 0 Å². The second-order valence-corrected chi connectivity index (χ2v) is 8.04. The molecule has 0 aliphatic carbocycles. The number of halogens is 1. The summed E-state index contributed by atoms with van der Waals surface area (Å²) in [6.45, 7) is 4.17. The van der Waals surface area contributed by atoms with Gasteiger partial charge in [0.15, 0.2) is 0 Å². The van der Waals surface area contributed by atoms with E-state index in [0.29, 0.717) is 6.42 Å². The molecular formula is C22H25ClN2O2. The normalized spacial score (nSPS) is 23.7. The lowest BCUT2D eigenvalue weighted by atomic mass is 9.60. The Balaban J connectivity index is 1.64. The summed E-state index contributed by atoms with van der Waals surface area (Å²) < 4.78 is 0. The zero-order chi connectivity index (χ0) is 19.0. The van der Waals surface area contributed by atoms with E-state index in [1.165, 1.54) is 5.56 Å². The predicted molar refractivity (Wildman–Crippen MR) is 107 cm³/mol. The van der Waals surface area contributed by atoms with E-state index in [4.69, 9.17) is 11.6 Å². The zero-order valence-electron chi connectivity index (χ0n) is 15.5. The molecule has 0 radical (unpaired) electrons. The van der Waals surface area contributed by atoms with Crippen LogP contribution >= 0.6 is 11.6 Å². The first-order chi connectivity index (χ1) is 13.1. The lowest BCUT2D eigenvalue weighted by Crippen LogP contribution is -2.84. The topological polar surface area (TPSA) is 43.8 Å². The molecular weight excluding hydrogens is 360 g/mol. The number of nitrogens with zero attached hydrogens (tertiary/aromatic N) is 2. The minimum absolute atomic E-state index is 0.0465. The van der Waals surface area contributed by atoms with E-state index in [9.17, 15) is 9.90 Å². The van der Waals surface area contributed by atoms with Crippen LogP contribution in [0.4, 0.5) is 0 Å². The number of amides is 1. The Hall–Kier alpha value is -1.88. The third-order valence-corrected chi connectivity index (χ3v) is 6.34. The number of carbonyl (C=O) groups excluding carboxylic acids is 1. The largest absolute Gasteiger partial charge is 0.395 e. The molecule has 0 bridgehead atoms. The molecule has 4 nitrogen and oxygen atoms in total. The Bertz CT molecular complexity index is 820. The molecule has 1 spiro atoms. The minimum atomic E-state index is -0.109. The maximum Gasteiger partial charge on any atom is 0.222 e. The minimum Gasteiger partial charge on any atom is -0.395 e. The molecule has 2 saturated heterocycles. The molecule has 2 fully saturated rings. The van der Waals surface area contributed by atoms with Crippen LogP contribution in [0.15, 0.2) is 54.6 Å². The summed E-state index contributed by atoms with van der Waals surface area (Å²) in [4.78, 5) is 16.5. The first-order valence-electron chi connectivity index (χ1n) is 9.54. The van der Waals surface area contributed by atoms with Crippen LogP contribution in [0, 0.1) is 0 Å². The van der Waals surface area contributed by atoms with Crippen LogP contribution in [0.1, 0.15) is 30.4 Å². The molecule has 4 rings (SSSR count). The lowest BCUT2D eigenvalue weighted by Gasteiger charge is -2.71. The number of benzene rings is 2. The van der Waals surface area contributed by atoms with Gasteiger partial charge in [0.1, 0.15) is 0 Å². The van der Waals surface area contributed by atoms with Crippen molar-refractivity contribution in [2.45, 2.75) is 37.4 Å². The van der Waals surface area contributed by atoms with Gasteiger partial charge in [-0.2, -0.15) is 0 Å². The van der Waals surface area contributed by atoms with Crippen molar-refractivity contribution in [2.24, 2.45) is 0 Å². The summed E-state index contributed by atoms with van der Waals surface area (Å²) in [6, 6.07) is 18.3. The van der Waals surface area contributed by atoms with Crippen LogP contribution in [0.2, 0.25) is 5.02 Å². The van der Waals surface area contributed by atoms with Gasteiger partial charge in [0.2, 0.25) is 5.91 Å². The van der Waals surface area contributed by atoms with Crippen molar-refractivity contribution in [2.75, 3.05) is 19.7 Å². The smallest absolute Gasteiger partial charge is 0.222 e. The van der Waals surface area contributed by atoms with E-state index >= 15 is 0 Å². The van der Waals surface area contributed by atoms with E-state index in [1.807, 2.05) is 48.2 Å². The summed E-state index contributed by atoms with van der Waals surface area (Å²) in [5.41, 5.74) is 2.26. The Kier molecular flexibility index (Phi) is 4.97. The number of likely N-dealkylation sites (tertiary alicyclic amines) is 2. The molecule has 1 amide bonds. The average Bonchev–Trinajstić information content (AvgIpc) is 2.64. The van der Waals surface area contributed by atoms with Crippen LogP contribution in [0.5, 0.6) is 0 Å². The standard InChI is InChI=1S/C22H25ClN2O2/c1-2-20(27)24-14-22(15-24)21(17-8-4-3-5-9-17)19(13-26)25(22)12-16-7-6-10-18(23)11-16/h3-11,19,21,26H,2,12-15H2,1H3/t19-,21+/m0/s1. The molecule has 2 aromatic rings.